The Morgan fingerprint density at radius 2 is 2.19 bits per heavy atom. The van der Waals surface area contributed by atoms with Crippen molar-refractivity contribution < 1.29 is 9.63 Å². The van der Waals surface area contributed by atoms with Gasteiger partial charge in [0.05, 0.1) is 6.04 Å². The summed E-state index contributed by atoms with van der Waals surface area (Å²) >= 11 is 0. The van der Waals surface area contributed by atoms with Crippen molar-refractivity contribution in [3.63, 3.8) is 0 Å². The van der Waals surface area contributed by atoms with Gasteiger partial charge in [-0.25, -0.2) is 0 Å². The van der Waals surface area contributed by atoms with Crippen LogP contribution in [0.5, 0.6) is 0 Å². The fourth-order valence-corrected chi connectivity index (χ4v) is 2.86. The van der Waals surface area contributed by atoms with Gasteiger partial charge in [-0.1, -0.05) is 35.5 Å². The van der Waals surface area contributed by atoms with Crippen molar-refractivity contribution in [1.82, 2.24) is 15.0 Å². The van der Waals surface area contributed by atoms with E-state index in [2.05, 4.69) is 22.0 Å². The minimum absolute atomic E-state index is 0.0873. The maximum absolute atomic E-state index is 9.34. The average molecular weight is 287 g/mol. The molecule has 5 nitrogen and oxygen atoms in total. The number of hydrogen-bond donors (Lipinski definition) is 1. The van der Waals surface area contributed by atoms with Crippen molar-refractivity contribution in [2.24, 2.45) is 5.92 Å². The van der Waals surface area contributed by atoms with Gasteiger partial charge in [0.2, 0.25) is 11.7 Å². The van der Waals surface area contributed by atoms with E-state index in [1.807, 2.05) is 30.3 Å². The van der Waals surface area contributed by atoms with Crippen LogP contribution in [0.25, 0.3) is 11.4 Å². The van der Waals surface area contributed by atoms with Crippen LogP contribution in [0.4, 0.5) is 0 Å². The highest BCUT2D eigenvalue weighted by Crippen LogP contribution is 2.26. The molecule has 1 aromatic carbocycles. The Morgan fingerprint density at radius 3 is 2.95 bits per heavy atom. The van der Waals surface area contributed by atoms with Gasteiger partial charge >= 0.3 is 0 Å². The monoisotopic (exact) mass is 287 g/mol. The highest BCUT2D eigenvalue weighted by Gasteiger charge is 2.27. The molecule has 1 N–H and O–H groups in total. The van der Waals surface area contributed by atoms with E-state index in [1.165, 1.54) is 0 Å². The zero-order valence-corrected chi connectivity index (χ0v) is 12.3. The fourth-order valence-electron chi connectivity index (χ4n) is 2.86. The Hall–Kier alpha value is -1.72. The lowest BCUT2D eigenvalue weighted by atomic mass is 9.98. The second kappa shape index (κ2) is 6.37. The predicted octanol–water partition coefficient (Wildman–Crippen LogP) is 2.50. The first kappa shape index (κ1) is 14.2. The van der Waals surface area contributed by atoms with E-state index >= 15 is 0 Å². The molecule has 3 rings (SSSR count). The van der Waals surface area contributed by atoms with E-state index in [0.717, 1.165) is 31.5 Å². The maximum atomic E-state index is 9.34. The molecule has 0 spiro atoms. The van der Waals surface area contributed by atoms with Crippen molar-refractivity contribution in [2.45, 2.75) is 25.8 Å². The van der Waals surface area contributed by atoms with Crippen molar-refractivity contribution in [2.75, 3.05) is 19.7 Å². The topological polar surface area (TPSA) is 62.4 Å². The number of nitrogens with zero attached hydrogens (tertiary/aromatic N) is 3. The van der Waals surface area contributed by atoms with Crippen molar-refractivity contribution in [1.29, 1.82) is 0 Å². The first-order valence-corrected chi connectivity index (χ1v) is 7.52. The van der Waals surface area contributed by atoms with E-state index in [4.69, 9.17) is 4.52 Å². The molecule has 2 atom stereocenters. The zero-order chi connectivity index (χ0) is 14.7. The molecular formula is C16H21N3O2. The molecule has 2 heterocycles. The van der Waals surface area contributed by atoms with Crippen LogP contribution in [-0.4, -0.2) is 39.8 Å². The van der Waals surface area contributed by atoms with Crippen LogP contribution < -0.4 is 0 Å². The van der Waals surface area contributed by atoms with Gasteiger partial charge in [0.1, 0.15) is 0 Å². The Balaban J connectivity index is 1.73. The second-order valence-electron chi connectivity index (χ2n) is 5.68. The molecule has 0 aliphatic carbocycles. The molecule has 0 saturated carbocycles. The van der Waals surface area contributed by atoms with Gasteiger partial charge in [-0.05, 0) is 32.2 Å². The quantitative estimate of drug-likeness (QED) is 0.936. The van der Waals surface area contributed by atoms with Crippen LogP contribution in [-0.2, 0) is 0 Å². The van der Waals surface area contributed by atoms with Gasteiger partial charge in [-0.3, -0.25) is 4.90 Å². The van der Waals surface area contributed by atoms with E-state index in [9.17, 15) is 5.11 Å². The molecule has 2 aromatic rings. The molecule has 2 unspecified atom stereocenters. The number of aliphatic hydroxyl groups excluding tert-OH is 1. The molecule has 0 amide bonds. The summed E-state index contributed by atoms with van der Waals surface area (Å²) in [6.07, 6.45) is 2.20. The van der Waals surface area contributed by atoms with Crippen LogP contribution in [0.3, 0.4) is 0 Å². The Morgan fingerprint density at radius 1 is 1.38 bits per heavy atom. The molecule has 0 radical (unpaired) electrons. The summed E-state index contributed by atoms with van der Waals surface area (Å²) in [5.74, 6) is 1.64. The highest BCUT2D eigenvalue weighted by atomic mass is 16.5. The molecule has 112 valence electrons. The molecule has 5 heteroatoms. The number of hydrogen-bond acceptors (Lipinski definition) is 5. The predicted molar refractivity (Wildman–Crippen MR) is 79.5 cm³/mol. The number of likely N-dealkylation sites (tertiary alicyclic amines) is 1. The third kappa shape index (κ3) is 3.14. The van der Waals surface area contributed by atoms with E-state index in [0.29, 0.717) is 17.6 Å². The summed E-state index contributed by atoms with van der Waals surface area (Å²) in [7, 11) is 0. The molecule has 1 fully saturated rings. The second-order valence-corrected chi connectivity index (χ2v) is 5.68. The standard InChI is InChI=1S/C16H21N3O2/c1-12(19-9-5-6-13(10-19)11-20)16-17-15(18-21-16)14-7-3-2-4-8-14/h2-4,7-8,12-13,20H,5-6,9-11H2,1H3. The highest BCUT2D eigenvalue weighted by molar-refractivity contribution is 5.53. The number of aliphatic hydroxyl groups is 1. The van der Waals surface area contributed by atoms with E-state index < -0.39 is 0 Å². The average Bonchev–Trinajstić information content (AvgIpc) is 3.05. The molecule has 1 aliphatic heterocycles. The largest absolute Gasteiger partial charge is 0.396 e. The minimum Gasteiger partial charge on any atom is -0.396 e. The third-order valence-electron chi connectivity index (χ3n) is 4.19. The Labute approximate surface area is 124 Å². The summed E-state index contributed by atoms with van der Waals surface area (Å²) in [5.41, 5.74) is 0.964. The lowest BCUT2D eigenvalue weighted by Crippen LogP contribution is -2.38. The molecular weight excluding hydrogens is 266 g/mol. The minimum atomic E-state index is 0.0873. The molecule has 0 bridgehead atoms. The van der Waals surface area contributed by atoms with Crippen LogP contribution in [0, 0.1) is 5.92 Å². The fraction of sp³-hybridized carbons (Fsp3) is 0.500. The van der Waals surface area contributed by atoms with Gasteiger partial charge in [0.25, 0.3) is 0 Å². The summed E-state index contributed by atoms with van der Waals surface area (Å²) in [6.45, 7) is 4.24. The lowest BCUT2D eigenvalue weighted by Gasteiger charge is -2.34. The van der Waals surface area contributed by atoms with Gasteiger partial charge in [-0.2, -0.15) is 4.98 Å². The molecule has 1 aromatic heterocycles. The van der Waals surface area contributed by atoms with Gasteiger partial charge in [0, 0.05) is 18.7 Å². The first-order valence-electron chi connectivity index (χ1n) is 7.52. The number of piperidine rings is 1. The summed E-state index contributed by atoms with van der Waals surface area (Å²) < 4.78 is 5.44. The van der Waals surface area contributed by atoms with Gasteiger partial charge in [-0.15, -0.1) is 0 Å². The zero-order valence-electron chi connectivity index (χ0n) is 12.3. The SMILES string of the molecule is CC(c1nc(-c2ccccc2)no1)N1CCCC(CO)C1. The Bertz CT molecular complexity index is 570. The molecule has 1 aliphatic rings. The Kier molecular flexibility index (Phi) is 4.31. The summed E-state index contributed by atoms with van der Waals surface area (Å²) in [6, 6.07) is 9.93. The summed E-state index contributed by atoms with van der Waals surface area (Å²) in [4.78, 5) is 6.84. The van der Waals surface area contributed by atoms with Gasteiger partial charge < -0.3 is 9.63 Å². The van der Waals surface area contributed by atoms with Crippen molar-refractivity contribution >= 4 is 0 Å². The third-order valence-corrected chi connectivity index (χ3v) is 4.19. The van der Waals surface area contributed by atoms with Crippen LogP contribution in [0.15, 0.2) is 34.9 Å². The van der Waals surface area contributed by atoms with E-state index in [1.54, 1.807) is 0 Å². The van der Waals surface area contributed by atoms with Crippen LogP contribution in [0.2, 0.25) is 0 Å². The van der Waals surface area contributed by atoms with Crippen LogP contribution >= 0.6 is 0 Å². The number of rotatable bonds is 4. The number of aromatic nitrogens is 2. The number of benzene rings is 1. The maximum Gasteiger partial charge on any atom is 0.244 e. The van der Waals surface area contributed by atoms with E-state index in [-0.39, 0.29) is 12.6 Å². The summed E-state index contributed by atoms with van der Waals surface area (Å²) in [5, 5.41) is 13.4. The molecule has 1 saturated heterocycles. The molecule has 21 heavy (non-hydrogen) atoms. The van der Waals surface area contributed by atoms with Crippen LogP contribution in [0.1, 0.15) is 31.7 Å². The normalized spacial score (nSPS) is 21.3. The first-order chi connectivity index (χ1) is 10.3. The van der Waals surface area contributed by atoms with Gasteiger partial charge in [0.15, 0.2) is 0 Å². The van der Waals surface area contributed by atoms with Crippen molar-refractivity contribution in [3.05, 3.63) is 36.2 Å². The van der Waals surface area contributed by atoms with Crippen molar-refractivity contribution in [3.8, 4) is 11.4 Å². The lowest BCUT2D eigenvalue weighted by molar-refractivity contribution is 0.0810. The smallest absolute Gasteiger partial charge is 0.244 e.